The van der Waals surface area contributed by atoms with Crippen LogP contribution in [-0.4, -0.2) is 86.0 Å². The van der Waals surface area contributed by atoms with Crippen molar-refractivity contribution in [3.8, 4) is 0 Å². The second kappa shape index (κ2) is 9.31. The van der Waals surface area contributed by atoms with Crippen LogP contribution in [-0.2, 0) is 11.2 Å². The molecule has 2 aliphatic rings. The molecule has 4 rings (SSSR count). The molecule has 2 aromatic rings. The van der Waals surface area contributed by atoms with Crippen LogP contribution in [0.5, 0.6) is 0 Å². The van der Waals surface area contributed by atoms with Crippen molar-refractivity contribution in [1.29, 1.82) is 0 Å². The first kappa shape index (κ1) is 19.8. The van der Waals surface area contributed by atoms with Crippen LogP contribution in [0.3, 0.4) is 0 Å². The average molecular weight is 398 g/mol. The Morgan fingerprint density at radius 1 is 1.07 bits per heavy atom. The monoisotopic (exact) mass is 397 g/mol. The van der Waals surface area contributed by atoms with Gasteiger partial charge < -0.3 is 19.5 Å². The number of nitrogens with zero attached hydrogens (tertiary/aromatic N) is 4. The Hall–Kier alpha value is -2.54. The summed E-state index contributed by atoms with van der Waals surface area (Å²) in [5.74, 6) is 2.19. The standard InChI is InChI=1S/C22H31N5O2/c1-23-22(24-9-8-19-16-18-6-2-3-7-20(18)29-19)27-14-12-25(13-15-27)17-21(28)26-10-4-5-11-26/h2-3,6-7,16H,4-5,8-15,17H2,1H3,(H,23,24). The van der Waals surface area contributed by atoms with Crippen molar-refractivity contribution in [2.75, 3.05) is 59.4 Å². The Balaban J connectivity index is 1.21. The van der Waals surface area contributed by atoms with E-state index in [4.69, 9.17) is 4.42 Å². The van der Waals surface area contributed by atoms with Gasteiger partial charge in [0.1, 0.15) is 11.3 Å². The summed E-state index contributed by atoms with van der Waals surface area (Å²) in [6, 6.07) is 10.2. The number of carbonyl (C=O) groups is 1. The summed E-state index contributed by atoms with van der Waals surface area (Å²) in [5.41, 5.74) is 0.937. The third kappa shape index (κ3) is 4.90. The minimum absolute atomic E-state index is 0.282. The number of guanidine groups is 1. The number of likely N-dealkylation sites (tertiary alicyclic amines) is 1. The molecule has 3 heterocycles. The number of hydrogen-bond acceptors (Lipinski definition) is 4. The summed E-state index contributed by atoms with van der Waals surface area (Å²) in [6.07, 6.45) is 3.11. The summed E-state index contributed by atoms with van der Waals surface area (Å²) < 4.78 is 5.89. The Bertz CT molecular complexity index is 815. The molecule has 2 aliphatic heterocycles. The molecular weight excluding hydrogens is 366 g/mol. The van der Waals surface area contributed by atoms with E-state index in [0.717, 1.165) is 87.8 Å². The molecule has 156 valence electrons. The second-order valence-electron chi connectivity index (χ2n) is 7.83. The topological polar surface area (TPSA) is 64.3 Å². The molecule has 1 amide bonds. The smallest absolute Gasteiger partial charge is 0.236 e. The lowest BCUT2D eigenvalue weighted by atomic mass is 10.2. The summed E-state index contributed by atoms with van der Waals surface area (Å²) in [6.45, 7) is 6.75. The van der Waals surface area contributed by atoms with Crippen LogP contribution in [0.25, 0.3) is 11.0 Å². The molecule has 2 saturated heterocycles. The number of benzene rings is 1. The van der Waals surface area contributed by atoms with E-state index < -0.39 is 0 Å². The minimum Gasteiger partial charge on any atom is -0.461 e. The van der Waals surface area contributed by atoms with Gasteiger partial charge in [0.05, 0.1) is 6.54 Å². The van der Waals surface area contributed by atoms with Crippen LogP contribution in [0.4, 0.5) is 0 Å². The van der Waals surface area contributed by atoms with Crippen LogP contribution >= 0.6 is 0 Å². The van der Waals surface area contributed by atoms with Crippen LogP contribution < -0.4 is 5.32 Å². The first-order valence-electron chi connectivity index (χ1n) is 10.7. The van der Waals surface area contributed by atoms with Gasteiger partial charge in [0.2, 0.25) is 5.91 Å². The number of hydrogen-bond donors (Lipinski definition) is 1. The largest absolute Gasteiger partial charge is 0.461 e. The summed E-state index contributed by atoms with van der Waals surface area (Å²) in [7, 11) is 1.83. The molecule has 0 saturated carbocycles. The molecule has 1 aromatic carbocycles. The minimum atomic E-state index is 0.282. The fourth-order valence-electron chi connectivity index (χ4n) is 4.17. The van der Waals surface area contributed by atoms with Crippen molar-refractivity contribution in [3.63, 3.8) is 0 Å². The van der Waals surface area contributed by atoms with Crippen molar-refractivity contribution in [3.05, 3.63) is 36.1 Å². The molecule has 1 aromatic heterocycles. The predicted octanol–water partition coefficient (Wildman–Crippen LogP) is 1.79. The Morgan fingerprint density at radius 3 is 2.55 bits per heavy atom. The lowest BCUT2D eigenvalue weighted by molar-refractivity contribution is -0.131. The SMILES string of the molecule is CN=C(NCCc1cc2ccccc2o1)N1CCN(CC(=O)N2CCCC2)CC1. The predicted molar refractivity (Wildman–Crippen MR) is 115 cm³/mol. The lowest BCUT2D eigenvalue weighted by Crippen LogP contribution is -2.54. The maximum atomic E-state index is 12.4. The number of fused-ring (bicyclic) bond motifs is 1. The van der Waals surface area contributed by atoms with Gasteiger partial charge in [-0.25, -0.2) is 0 Å². The lowest BCUT2D eigenvalue weighted by Gasteiger charge is -2.36. The highest BCUT2D eigenvalue weighted by Gasteiger charge is 2.24. The van der Waals surface area contributed by atoms with E-state index in [1.54, 1.807) is 0 Å². The molecule has 0 radical (unpaired) electrons. The Morgan fingerprint density at radius 2 is 1.83 bits per heavy atom. The van der Waals surface area contributed by atoms with Gasteiger partial charge in [0.15, 0.2) is 5.96 Å². The van der Waals surface area contributed by atoms with Gasteiger partial charge in [-0.3, -0.25) is 14.7 Å². The first-order chi connectivity index (χ1) is 14.2. The van der Waals surface area contributed by atoms with Crippen molar-refractivity contribution < 1.29 is 9.21 Å². The van der Waals surface area contributed by atoms with Crippen LogP contribution in [0.2, 0.25) is 0 Å². The summed E-state index contributed by atoms with van der Waals surface area (Å²) in [5, 5.41) is 4.60. The molecule has 7 heteroatoms. The molecule has 0 atom stereocenters. The zero-order valence-electron chi connectivity index (χ0n) is 17.3. The number of amides is 1. The number of nitrogens with one attached hydrogen (secondary N) is 1. The van der Waals surface area contributed by atoms with Crippen molar-refractivity contribution in [1.82, 2.24) is 20.0 Å². The number of rotatable bonds is 5. The molecule has 2 fully saturated rings. The number of furan rings is 1. The molecular formula is C22H31N5O2. The third-order valence-corrected chi connectivity index (χ3v) is 5.83. The Kier molecular flexibility index (Phi) is 6.34. The summed E-state index contributed by atoms with van der Waals surface area (Å²) in [4.78, 5) is 23.3. The average Bonchev–Trinajstić information content (AvgIpc) is 3.41. The highest BCUT2D eigenvalue weighted by Crippen LogP contribution is 2.18. The number of para-hydroxylation sites is 1. The van der Waals surface area contributed by atoms with E-state index >= 15 is 0 Å². The van der Waals surface area contributed by atoms with E-state index in [9.17, 15) is 4.79 Å². The Labute approximate surface area is 172 Å². The van der Waals surface area contributed by atoms with Gasteiger partial charge in [0, 0.05) is 64.7 Å². The first-order valence-corrected chi connectivity index (χ1v) is 10.7. The molecule has 1 N–H and O–H groups in total. The van der Waals surface area contributed by atoms with Crippen molar-refractivity contribution in [2.45, 2.75) is 19.3 Å². The maximum absolute atomic E-state index is 12.4. The van der Waals surface area contributed by atoms with Crippen LogP contribution in [0.1, 0.15) is 18.6 Å². The highest BCUT2D eigenvalue weighted by atomic mass is 16.3. The fraction of sp³-hybridized carbons (Fsp3) is 0.545. The zero-order valence-corrected chi connectivity index (χ0v) is 17.3. The van der Waals surface area contributed by atoms with E-state index in [1.807, 2.05) is 30.1 Å². The second-order valence-corrected chi connectivity index (χ2v) is 7.83. The van der Waals surface area contributed by atoms with E-state index in [1.165, 1.54) is 0 Å². The highest BCUT2D eigenvalue weighted by molar-refractivity contribution is 5.80. The van der Waals surface area contributed by atoms with Crippen molar-refractivity contribution in [2.24, 2.45) is 4.99 Å². The van der Waals surface area contributed by atoms with E-state index in [0.29, 0.717) is 6.54 Å². The zero-order chi connectivity index (χ0) is 20.1. The molecule has 29 heavy (non-hydrogen) atoms. The molecule has 7 nitrogen and oxygen atoms in total. The normalized spacial score (nSPS) is 18.6. The van der Waals surface area contributed by atoms with Gasteiger partial charge in [-0.15, -0.1) is 0 Å². The fourth-order valence-corrected chi connectivity index (χ4v) is 4.17. The number of carbonyl (C=O) groups excluding carboxylic acids is 1. The number of piperazine rings is 1. The molecule has 0 spiro atoms. The molecule has 0 unspecified atom stereocenters. The van der Waals surface area contributed by atoms with Gasteiger partial charge in [-0.2, -0.15) is 0 Å². The van der Waals surface area contributed by atoms with Gasteiger partial charge in [-0.1, -0.05) is 18.2 Å². The van der Waals surface area contributed by atoms with E-state index in [-0.39, 0.29) is 5.91 Å². The molecule has 0 aliphatic carbocycles. The van der Waals surface area contributed by atoms with Crippen LogP contribution in [0, 0.1) is 0 Å². The summed E-state index contributed by atoms with van der Waals surface area (Å²) >= 11 is 0. The third-order valence-electron chi connectivity index (χ3n) is 5.83. The number of aliphatic imine (C=N–C) groups is 1. The van der Waals surface area contributed by atoms with Crippen molar-refractivity contribution >= 4 is 22.8 Å². The van der Waals surface area contributed by atoms with Crippen LogP contribution in [0.15, 0.2) is 39.7 Å². The maximum Gasteiger partial charge on any atom is 0.236 e. The van der Waals surface area contributed by atoms with Gasteiger partial charge >= 0.3 is 0 Å². The van der Waals surface area contributed by atoms with E-state index in [2.05, 4.69) is 32.2 Å². The van der Waals surface area contributed by atoms with Gasteiger partial charge in [0.25, 0.3) is 0 Å². The molecule has 0 bridgehead atoms. The van der Waals surface area contributed by atoms with Gasteiger partial charge in [-0.05, 0) is 25.0 Å². The quantitative estimate of drug-likeness (QED) is 0.616.